The Hall–Kier alpha value is -2.53. The molecule has 0 radical (unpaired) electrons. The van der Waals surface area contributed by atoms with Crippen LogP contribution < -0.4 is 4.90 Å². The van der Waals surface area contributed by atoms with Gasteiger partial charge in [0.25, 0.3) is 0 Å². The molecule has 2 rings (SSSR count). The Labute approximate surface area is 221 Å². The van der Waals surface area contributed by atoms with Crippen LogP contribution in [0.15, 0.2) is 85.5 Å². The fourth-order valence-electron chi connectivity index (χ4n) is 3.89. The number of hydrogen-bond donors (Lipinski definition) is 0. The first-order valence-corrected chi connectivity index (χ1v) is 12.7. The molecule has 0 aromatic heterocycles. The minimum absolute atomic E-state index is 0.0448. The quantitative estimate of drug-likeness (QED) is 0.269. The zero-order valence-electron chi connectivity index (χ0n) is 21.2. The maximum absolute atomic E-state index is 13.2. The maximum Gasteiger partial charge on any atom is 0.241 e. The number of benzene rings is 2. The number of amides is 1. The van der Waals surface area contributed by atoms with Gasteiger partial charge in [-0.25, -0.2) is 0 Å². The molecule has 4 nitrogen and oxygen atoms in total. The third-order valence-electron chi connectivity index (χ3n) is 6.15. The molecule has 35 heavy (non-hydrogen) atoms. The minimum Gasteiger partial charge on any atom is -0.356 e. The van der Waals surface area contributed by atoms with Crippen LogP contribution in [0.4, 0.5) is 5.69 Å². The standard InChI is InChI=1S/C29H37Cl2N3O/c1-6-8-9-11-14-23(3)34(26-15-12-10-13-16-26)22-29(35)32(5)19-20-33(7-2)24(4)27-18-17-25(30)21-28(27)31/h6,8-18,21,23-24H,1,7,19-20,22H2,2-5H3/b9-8-,14-11-. The summed E-state index contributed by atoms with van der Waals surface area (Å²) < 4.78 is 0. The molecular formula is C29H37Cl2N3O. The number of anilines is 1. The topological polar surface area (TPSA) is 26.8 Å². The van der Waals surface area contributed by atoms with Crippen molar-refractivity contribution < 1.29 is 4.79 Å². The van der Waals surface area contributed by atoms with E-state index in [9.17, 15) is 4.79 Å². The predicted molar refractivity (Wildman–Crippen MR) is 151 cm³/mol. The highest BCUT2D eigenvalue weighted by Crippen LogP contribution is 2.29. The minimum atomic E-state index is 0.0448. The highest BCUT2D eigenvalue weighted by molar-refractivity contribution is 6.35. The summed E-state index contributed by atoms with van der Waals surface area (Å²) in [5.41, 5.74) is 2.05. The van der Waals surface area contributed by atoms with Crippen LogP contribution in [-0.4, -0.2) is 55.0 Å². The summed E-state index contributed by atoms with van der Waals surface area (Å²) in [5, 5.41) is 1.29. The monoisotopic (exact) mass is 513 g/mol. The average Bonchev–Trinajstić information content (AvgIpc) is 2.85. The van der Waals surface area contributed by atoms with Crippen LogP contribution in [-0.2, 0) is 4.79 Å². The lowest BCUT2D eigenvalue weighted by Crippen LogP contribution is -2.44. The van der Waals surface area contributed by atoms with Crippen molar-refractivity contribution in [3.63, 3.8) is 0 Å². The molecule has 0 saturated carbocycles. The number of halogens is 2. The van der Waals surface area contributed by atoms with Crippen molar-refractivity contribution in [2.24, 2.45) is 0 Å². The maximum atomic E-state index is 13.2. The second-order valence-electron chi connectivity index (χ2n) is 8.50. The van der Waals surface area contributed by atoms with E-state index in [-0.39, 0.29) is 18.0 Å². The summed E-state index contributed by atoms with van der Waals surface area (Å²) in [4.78, 5) is 19.5. The lowest BCUT2D eigenvalue weighted by Gasteiger charge is -2.33. The zero-order valence-corrected chi connectivity index (χ0v) is 22.7. The number of carbonyl (C=O) groups excluding carboxylic acids is 1. The lowest BCUT2D eigenvalue weighted by atomic mass is 10.1. The van der Waals surface area contributed by atoms with E-state index < -0.39 is 0 Å². The molecule has 0 bridgehead atoms. The second-order valence-corrected chi connectivity index (χ2v) is 9.34. The number of hydrogen-bond acceptors (Lipinski definition) is 3. The Balaban J connectivity index is 2.06. The first-order chi connectivity index (χ1) is 16.8. The fourth-order valence-corrected chi connectivity index (χ4v) is 4.46. The van der Waals surface area contributed by atoms with Gasteiger partial charge in [-0.3, -0.25) is 9.69 Å². The first kappa shape index (κ1) is 28.7. The Kier molecular flexibility index (Phi) is 12.1. The van der Waals surface area contributed by atoms with Crippen LogP contribution in [0.25, 0.3) is 0 Å². The van der Waals surface area contributed by atoms with Gasteiger partial charge in [-0.05, 0) is 50.2 Å². The summed E-state index contributed by atoms with van der Waals surface area (Å²) >= 11 is 12.5. The van der Waals surface area contributed by atoms with E-state index >= 15 is 0 Å². The largest absolute Gasteiger partial charge is 0.356 e. The van der Waals surface area contributed by atoms with Crippen LogP contribution in [0, 0.1) is 0 Å². The van der Waals surface area contributed by atoms with E-state index in [1.165, 1.54) is 0 Å². The van der Waals surface area contributed by atoms with Gasteiger partial charge in [0.1, 0.15) is 0 Å². The van der Waals surface area contributed by atoms with Crippen LogP contribution in [0.3, 0.4) is 0 Å². The van der Waals surface area contributed by atoms with Crippen LogP contribution in [0.5, 0.6) is 0 Å². The van der Waals surface area contributed by atoms with Gasteiger partial charge < -0.3 is 9.80 Å². The Morgan fingerprint density at radius 3 is 2.37 bits per heavy atom. The van der Waals surface area contributed by atoms with Crippen molar-refractivity contribution in [2.45, 2.75) is 32.9 Å². The summed E-state index contributed by atoms with van der Waals surface area (Å²) in [6.07, 6.45) is 9.63. The summed E-state index contributed by atoms with van der Waals surface area (Å²) in [7, 11) is 1.87. The number of nitrogens with zero attached hydrogens (tertiary/aromatic N) is 3. The smallest absolute Gasteiger partial charge is 0.241 e. The third-order valence-corrected chi connectivity index (χ3v) is 6.71. The molecule has 2 aromatic carbocycles. The SMILES string of the molecule is C=C/C=C\C=C/C(C)N(CC(=O)N(C)CCN(CC)C(C)c1ccc(Cl)cc1Cl)c1ccccc1. The van der Waals surface area contributed by atoms with Crippen LogP contribution in [0.2, 0.25) is 10.0 Å². The normalized spacial score (nSPS) is 13.3. The molecule has 0 N–H and O–H groups in total. The number of rotatable bonds is 13. The van der Waals surface area contributed by atoms with E-state index in [4.69, 9.17) is 23.2 Å². The van der Waals surface area contributed by atoms with Crippen LogP contribution >= 0.6 is 23.2 Å². The predicted octanol–water partition coefficient (Wildman–Crippen LogP) is 7.03. The fraction of sp³-hybridized carbons (Fsp3) is 0.345. The third kappa shape index (κ3) is 8.88. The van der Waals surface area contributed by atoms with Crippen molar-refractivity contribution in [3.05, 3.63) is 101 Å². The van der Waals surface area contributed by atoms with Crippen molar-refractivity contribution >= 4 is 34.8 Å². The van der Waals surface area contributed by atoms with Gasteiger partial charge in [0.15, 0.2) is 0 Å². The number of likely N-dealkylation sites (N-methyl/N-ethyl adjacent to an activating group) is 2. The number of carbonyl (C=O) groups is 1. The highest BCUT2D eigenvalue weighted by Gasteiger charge is 2.21. The molecule has 2 atom stereocenters. The van der Waals surface area contributed by atoms with E-state index in [0.29, 0.717) is 23.1 Å². The molecule has 0 saturated heterocycles. The molecule has 2 unspecified atom stereocenters. The van der Waals surface area contributed by atoms with E-state index in [1.54, 1.807) is 12.1 Å². The van der Waals surface area contributed by atoms with Crippen molar-refractivity contribution in [1.29, 1.82) is 0 Å². The first-order valence-electron chi connectivity index (χ1n) is 12.0. The van der Waals surface area contributed by atoms with Gasteiger partial charge in [-0.1, -0.05) is 91.4 Å². The second kappa shape index (κ2) is 14.8. The molecule has 0 heterocycles. The van der Waals surface area contributed by atoms with Crippen molar-refractivity contribution in [1.82, 2.24) is 9.80 Å². The number of para-hydroxylation sites is 1. The van der Waals surface area contributed by atoms with Gasteiger partial charge in [-0.2, -0.15) is 0 Å². The molecule has 1 amide bonds. The van der Waals surface area contributed by atoms with Gasteiger partial charge in [0, 0.05) is 48.0 Å². The van der Waals surface area contributed by atoms with E-state index in [0.717, 1.165) is 24.3 Å². The highest BCUT2D eigenvalue weighted by atomic mass is 35.5. The molecule has 2 aromatic rings. The van der Waals surface area contributed by atoms with E-state index in [1.807, 2.05) is 72.6 Å². The Morgan fingerprint density at radius 2 is 1.74 bits per heavy atom. The molecule has 188 valence electrons. The molecule has 0 aliphatic rings. The van der Waals surface area contributed by atoms with Gasteiger partial charge in [-0.15, -0.1) is 0 Å². The summed E-state index contributed by atoms with van der Waals surface area (Å²) in [6, 6.07) is 15.8. The van der Waals surface area contributed by atoms with E-state index in [2.05, 4.69) is 43.2 Å². The molecule has 0 fully saturated rings. The average molecular weight is 515 g/mol. The van der Waals surface area contributed by atoms with Crippen LogP contribution in [0.1, 0.15) is 32.4 Å². The number of allylic oxidation sites excluding steroid dienone is 4. The van der Waals surface area contributed by atoms with Gasteiger partial charge >= 0.3 is 0 Å². The van der Waals surface area contributed by atoms with Crippen molar-refractivity contribution in [2.75, 3.05) is 38.1 Å². The van der Waals surface area contributed by atoms with Gasteiger partial charge in [0.2, 0.25) is 5.91 Å². The Bertz CT molecular complexity index is 1010. The lowest BCUT2D eigenvalue weighted by molar-refractivity contribution is -0.128. The van der Waals surface area contributed by atoms with Gasteiger partial charge in [0.05, 0.1) is 6.54 Å². The molecular weight excluding hydrogens is 477 g/mol. The van der Waals surface area contributed by atoms with Crippen molar-refractivity contribution in [3.8, 4) is 0 Å². The molecule has 0 spiro atoms. The summed E-state index contributed by atoms with van der Waals surface area (Å²) in [5.74, 6) is 0.0731. The molecule has 0 aliphatic carbocycles. The molecule has 0 aliphatic heterocycles. The zero-order chi connectivity index (χ0) is 25.8. The Morgan fingerprint density at radius 1 is 1.03 bits per heavy atom. The molecule has 6 heteroatoms. The summed E-state index contributed by atoms with van der Waals surface area (Å²) in [6.45, 7) is 12.5.